The van der Waals surface area contributed by atoms with E-state index in [0.29, 0.717) is 22.6 Å². The third kappa shape index (κ3) is 5.28. The number of nitrogens with one attached hydrogen (secondary N) is 1. The summed E-state index contributed by atoms with van der Waals surface area (Å²) >= 11 is 0. The van der Waals surface area contributed by atoms with E-state index in [4.69, 9.17) is 0 Å². The molecule has 0 spiro atoms. The van der Waals surface area contributed by atoms with Crippen LogP contribution in [0.3, 0.4) is 0 Å². The van der Waals surface area contributed by atoms with Crippen LogP contribution in [-0.2, 0) is 9.84 Å². The van der Waals surface area contributed by atoms with Crippen LogP contribution in [0, 0.1) is 6.92 Å². The van der Waals surface area contributed by atoms with Gasteiger partial charge in [-0.2, -0.15) is 0 Å². The molecule has 1 aliphatic rings. The molecule has 1 saturated heterocycles. The van der Waals surface area contributed by atoms with Gasteiger partial charge in [-0.25, -0.2) is 18.4 Å². The van der Waals surface area contributed by atoms with Crippen LogP contribution >= 0.6 is 12.4 Å². The standard InChI is InChI=1S/C24H28N4O3S.ClH/c1-4-18-7-5-6-14-28(18)24(29)21-15-25-23-20(13-8-16(2)26-23)22(21)27-17-9-11-19(12-10-17)32(3,30)31;/h8-13,15,18H,4-7,14H2,1-3H3,(H,25,26,27);1H. The zero-order chi connectivity index (χ0) is 22.9. The largest absolute Gasteiger partial charge is 0.354 e. The number of amides is 1. The van der Waals surface area contributed by atoms with Crippen molar-refractivity contribution in [2.24, 2.45) is 0 Å². The predicted molar refractivity (Wildman–Crippen MR) is 133 cm³/mol. The summed E-state index contributed by atoms with van der Waals surface area (Å²) in [7, 11) is -3.29. The molecule has 1 atom stereocenters. The zero-order valence-corrected chi connectivity index (χ0v) is 20.7. The lowest BCUT2D eigenvalue weighted by Crippen LogP contribution is -2.43. The Hall–Kier alpha value is -2.71. The number of piperidine rings is 1. The van der Waals surface area contributed by atoms with Gasteiger partial charge in [-0.15, -0.1) is 12.4 Å². The summed E-state index contributed by atoms with van der Waals surface area (Å²) in [5.74, 6) is -0.0400. The summed E-state index contributed by atoms with van der Waals surface area (Å²) in [4.78, 5) is 24.8. The average Bonchev–Trinajstić information content (AvgIpc) is 2.78. The van der Waals surface area contributed by atoms with Crippen molar-refractivity contribution in [2.75, 3.05) is 18.1 Å². The van der Waals surface area contributed by atoms with E-state index in [0.717, 1.165) is 43.3 Å². The van der Waals surface area contributed by atoms with Crippen LogP contribution in [0.2, 0.25) is 0 Å². The predicted octanol–water partition coefficient (Wildman–Crippen LogP) is 4.91. The van der Waals surface area contributed by atoms with E-state index in [-0.39, 0.29) is 29.3 Å². The second-order valence-corrected chi connectivity index (χ2v) is 10.4. The number of halogens is 1. The molecule has 1 aliphatic heterocycles. The third-order valence-corrected chi connectivity index (χ3v) is 7.14. The molecule has 0 aliphatic carbocycles. The van der Waals surface area contributed by atoms with Gasteiger partial charge >= 0.3 is 0 Å². The molecule has 1 unspecified atom stereocenters. The minimum atomic E-state index is -3.29. The first-order valence-corrected chi connectivity index (χ1v) is 12.8. The van der Waals surface area contributed by atoms with Gasteiger partial charge < -0.3 is 10.2 Å². The molecule has 7 nitrogen and oxygen atoms in total. The topological polar surface area (TPSA) is 92.3 Å². The van der Waals surface area contributed by atoms with Crippen molar-refractivity contribution in [1.82, 2.24) is 14.9 Å². The summed E-state index contributed by atoms with van der Waals surface area (Å²) in [5, 5.41) is 4.09. The number of rotatable bonds is 5. The highest BCUT2D eigenvalue weighted by Crippen LogP contribution is 2.32. The number of aromatic nitrogens is 2. The van der Waals surface area contributed by atoms with Gasteiger partial charge in [0.2, 0.25) is 0 Å². The van der Waals surface area contributed by atoms with Gasteiger partial charge in [0.15, 0.2) is 15.5 Å². The highest BCUT2D eigenvalue weighted by Gasteiger charge is 2.28. The van der Waals surface area contributed by atoms with Gasteiger partial charge in [-0.1, -0.05) is 6.92 Å². The number of aryl methyl sites for hydroxylation is 1. The fraction of sp³-hybridized carbons (Fsp3) is 0.375. The number of hydrogen-bond acceptors (Lipinski definition) is 6. The summed E-state index contributed by atoms with van der Waals surface area (Å²) in [5.41, 5.74) is 3.22. The lowest BCUT2D eigenvalue weighted by atomic mass is 9.98. The van der Waals surface area contributed by atoms with Crippen molar-refractivity contribution >= 4 is 50.6 Å². The first kappa shape index (κ1) is 24.9. The molecule has 0 saturated carbocycles. The minimum Gasteiger partial charge on any atom is -0.354 e. The molecular formula is C24H29ClN4O3S. The van der Waals surface area contributed by atoms with Crippen LogP contribution in [0.25, 0.3) is 11.0 Å². The lowest BCUT2D eigenvalue weighted by Gasteiger charge is -2.35. The SMILES string of the molecule is CCC1CCCCN1C(=O)c1cnc2nc(C)ccc2c1Nc1ccc(S(C)(=O)=O)cc1.Cl. The number of likely N-dealkylation sites (tertiary alicyclic amines) is 1. The van der Waals surface area contributed by atoms with Gasteiger partial charge in [0.25, 0.3) is 5.91 Å². The van der Waals surface area contributed by atoms with Crippen molar-refractivity contribution in [3.05, 3.63) is 53.9 Å². The minimum absolute atomic E-state index is 0. The molecule has 176 valence electrons. The molecule has 4 rings (SSSR count). The van der Waals surface area contributed by atoms with Gasteiger partial charge in [-0.05, 0) is 69.0 Å². The van der Waals surface area contributed by atoms with Gasteiger partial charge in [0, 0.05) is 41.8 Å². The van der Waals surface area contributed by atoms with Crippen LogP contribution in [0.4, 0.5) is 11.4 Å². The molecule has 2 aromatic heterocycles. The maximum Gasteiger partial charge on any atom is 0.257 e. The molecule has 3 heterocycles. The van der Waals surface area contributed by atoms with Crippen molar-refractivity contribution in [1.29, 1.82) is 0 Å². The van der Waals surface area contributed by atoms with Crippen LogP contribution in [0.1, 0.15) is 48.7 Å². The number of carbonyl (C=O) groups excluding carboxylic acids is 1. The smallest absolute Gasteiger partial charge is 0.257 e. The molecular weight excluding hydrogens is 460 g/mol. The van der Waals surface area contributed by atoms with Crippen molar-refractivity contribution in [3.63, 3.8) is 0 Å². The maximum absolute atomic E-state index is 13.6. The first-order valence-electron chi connectivity index (χ1n) is 10.9. The van der Waals surface area contributed by atoms with Crippen LogP contribution in [-0.4, -0.2) is 48.0 Å². The average molecular weight is 489 g/mol. The molecule has 1 fully saturated rings. The Morgan fingerprint density at radius 2 is 1.88 bits per heavy atom. The number of pyridine rings is 2. The fourth-order valence-corrected chi connectivity index (χ4v) is 4.88. The van der Waals surface area contributed by atoms with Crippen LogP contribution in [0.15, 0.2) is 47.5 Å². The highest BCUT2D eigenvalue weighted by molar-refractivity contribution is 7.90. The maximum atomic E-state index is 13.6. The van der Waals surface area contributed by atoms with Gasteiger partial charge in [0.05, 0.1) is 16.1 Å². The van der Waals surface area contributed by atoms with Gasteiger partial charge in [-0.3, -0.25) is 4.79 Å². The van der Waals surface area contributed by atoms with E-state index in [1.54, 1.807) is 30.5 Å². The fourth-order valence-electron chi connectivity index (χ4n) is 4.25. The molecule has 1 N–H and O–H groups in total. The van der Waals surface area contributed by atoms with E-state index in [1.165, 1.54) is 6.26 Å². The molecule has 33 heavy (non-hydrogen) atoms. The van der Waals surface area contributed by atoms with Crippen molar-refractivity contribution in [3.8, 4) is 0 Å². The zero-order valence-electron chi connectivity index (χ0n) is 19.0. The molecule has 1 aromatic carbocycles. The Morgan fingerprint density at radius 3 is 2.55 bits per heavy atom. The van der Waals surface area contributed by atoms with Crippen LogP contribution < -0.4 is 5.32 Å². The first-order chi connectivity index (χ1) is 15.3. The van der Waals surface area contributed by atoms with E-state index in [1.807, 2.05) is 24.0 Å². The molecule has 9 heteroatoms. The Balaban J connectivity index is 0.00000306. The van der Waals surface area contributed by atoms with Crippen molar-refractivity contribution in [2.45, 2.75) is 50.5 Å². The van der Waals surface area contributed by atoms with E-state index < -0.39 is 9.84 Å². The summed E-state index contributed by atoms with van der Waals surface area (Å²) in [6.45, 7) is 4.75. The molecule has 0 bridgehead atoms. The highest BCUT2D eigenvalue weighted by atomic mass is 35.5. The lowest BCUT2D eigenvalue weighted by molar-refractivity contribution is 0.0609. The summed E-state index contributed by atoms with van der Waals surface area (Å²) in [6, 6.07) is 10.6. The van der Waals surface area contributed by atoms with E-state index >= 15 is 0 Å². The Morgan fingerprint density at radius 1 is 1.15 bits per heavy atom. The van der Waals surface area contributed by atoms with Gasteiger partial charge in [0.1, 0.15) is 0 Å². The quantitative estimate of drug-likeness (QED) is 0.548. The second kappa shape index (κ2) is 10.1. The monoisotopic (exact) mass is 488 g/mol. The number of nitrogens with zero attached hydrogens (tertiary/aromatic N) is 3. The Kier molecular flexibility index (Phi) is 7.59. The number of carbonyl (C=O) groups is 1. The number of anilines is 2. The summed E-state index contributed by atoms with van der Waals surface area (Å²) < 4.78 is 23.6. The number of sulfone groups is 1. The molecule has 0 radical (unpaired) electrons. The number of fused-ring (bicyclic) bond motifs is 1. The molecule has 3 aromatic rings. The third-order valence-electron chi connectivity index (χ3n) is 6.01. The Bertz CT molecular complexity index is 1260. The van der Waals surface area contributed by atoms with Crippen molar-refractivity contribution < 1.29 is 13.2 Å². The second-order valence-electron chi connectivity index (χ2n) is 8.35. The summed E-state index contributed by atoms with van der Waals surface area (Å²) in [6.07, 6.45) is 6.85. The molecule has 1 amide bonds. The number of benzene rings is 1. The normalized spacial score (nSPS) is 16.3. The van der Waals surface area contributed by atoms with E-state index in [9.17, 15) is 13.2 Å². The number of hydrogen-bond donors (Lipinski definition) is 1. The Labute approximate surface area is 201 Å². The van der Waals surface area contributed by atoms with E-state index in [2.05, 4.69) is 22.2 Å². The van der Waals surface area contributed by atoms with Crippen LogP contribution in [0.5, 0.6) is 0 Å².